The van der Waals surface area contributed by atoms with Crippen LogP contribution in [0, 0.1) is 12.8 Å². The number of carbonyl (C=O) groups is 1. The number of aryl methyl sites for hydroxylation is 1. The molecule has 2 unspecified atom stereocenters. The molecule has 2 rings (SSSR count). The second kappa shape index (κ2) is 10.6. The zero-order chi connectivity index (χ0) is 19.8. The number of aromatic nitrogens is 1. The van der Waals surface area contributed by atoms with E-state index in [-0.39, 0.29) is 12.0 Å². The fourth-order valence-electron chi connectivity index (χ4n) is 3.22. The van der Waals surface area contributed by atoms with Gasteiger partial charge in [-0.3, -0.25) is 4.99 Å². The van der Waals surface area contributed by atoms with Crippen molar-refractivity contribution in [3.63, 3.8) is 0 Å². The van der Waals surface area contributed by atoms with Crippen molar-refractivity contribution in [2.24, 2.45) is 10.9 Å². The highest BCUT2D eigenvalue weighted by Crippen LogP contribution is 2.24. The second-order valence-corrected chi connectivity index (χ2v) is 8.07. The first-order valence-electron chi connectivity index (χ1n) is 9.82. The molecule has 27 heavy (non-hydrogen) atoms. The van der Waals surface area contributed by atoms with Crippen LogP contribution in [-0.2, 0) is 4.74 Å². The predicted octanol–water partition coefficient (Wildman–Crippen LogP) is 2.59. The Morgan fingerprint density at radius 2 is 2.26 bits per heavy atom. The molecule has 2 N–H and O–H groups in total. The molecule has 0 bridgehead atoms. The fraction of sp³-hybridized carbons (Fsp3) is 0.737. The summed E-state index contributed by atoms with van der Waals surface area (Å²) in [6, 6.07) is -0.0382. The molecule has 0 aliphatic carbocycles. The Balaban J connectivity index is 2.01. The zero-order valence-electron chi connectivity index (χ0n) is 17.2. The summed E-state index contributed by atoms with van der Waals surface area (Å²) in [5.74, 6) is 1.10. The van der Waals surface area contributed by atoms with Crippen LogP contribution in [0.4, 0.5) is 0 Å². The Morgan fingerprint density at radius 1 is 1.48 bits per heavy atom. The molecule has 152 valence electrons. The standard InChI is InChI=1S/C19H33N5O2S/c1-6-20-19(21-11-15-9-8-10-24(5)12-15)23-14(4)17-22-13(3)16(27-17)18(25)26-7-2/h14-15H,6-12H2,1-5H3,(H2,20,21,23). The summed E-state index contributed by atoms with van der Waals surface area (Å²) in [4.78, 5) is 24.3. The van der Waals surface area contributed by atoms with E-state index >= 15 is 0 Å². The van der Waals surface area contributed by atoms with Crippen molar-refractivity contribution in [2.75, 3.05) is 39.8 Å². The Labute approximate surface area is 166 Å². The van der Waals surface area contributed by atoms with Crippen LogP contribution in [0.25, 0.3) is 0 Å². The number of thiazole rings is 1. The molecule has 0 spiro atoms. The van der Waals surface area contributed by atoms with Gasteiger partial charge in [0.25, 0.3) is 0 Å². The summed E-state index contributed by atoms with van der Waals surface area (Å²) in [6.07, 6.45) is 2.48. The predicted molar refractivity (Wildman–Crippen MR) is 111 cm³/mol. The van der Waals surface area contributed by atoms with Gasteiger partial charge >= 0.3 is 5.97 Å². The molecule has 1 aromatic rings. The van der Waals surface area contributed by atoms with Gasteiger partial charge in [0, 0.05) is 19.6 Å². The molecule has 0 radical (unpaired) electrons. The van der Waals surface area contributed by atoms with E-state index in [1.165, 1.54) is 30.7 Å². The van der Waals surface area contributed by atoms with Gasteiger partial charge in [0.15, 0.2) is 5.96 Å². The maximum absolute atomic E-state index is 12.0. The first kappa shape index (κ1) is 21.6. The average molecular weight is 396 g/mol. The number of ether oxygens (including phenoxy) is 1. The molecular weight excluding hydrogens is 362 g/mol. The van der Waals surface area contributed by atoms with Crippen molar-refractivity contribution >= 4 is 23.3 Å². The third-order valence-corrected chi connectivity index (χ3v) is 5.89. The molecule has 1 aliphatic heterocycles. The van der Waals surface area contributed by atoms with Gasteiger partial charge in [-0.15, -0.1) is 11.3 Å². The first-order chi connectivity index (χ1) is 12.9. The number of hydrogen-bond donors (Lipinski definition) is 2. The van der Waals surface area contributed by atoms with Gasteiger partial charge in [-0.05, 0) is 60.0 Å². The number of nitrogens with one attached hydrogen (secondary N) is 2. The largest absolute Gasteiger partial charge is 0.462 e. The SMILES string of the molecule is CCNC(=NCC1CCCN(C)C1)NC(C)c1nc(C)c(C(=O)OCC)s1. The Kier molecular flexibility index (Phi) is 8.50. The van der Waals surface area contributed by atoms with Gasteiger partial charge in [0.1, 0.15) is 9.88 Å². The normalized spacial score (nSPS) is 19.6. The number of piperidine rings is 1. The van der Waals surface area contributed by atoms with Crippen LogP contribution in [-0.4, -0.2) is 61.6 Å². The topological polar surface area (TPSA) is 78.9 Å². The van der Waals surface area contributed by atoms with E-state index in [9.17, 15) is 4.79 Å². The van der Waals surface area contributed by atoms with E-state index in [1.807, 2.05) is 20.8 Å². The van der Waals surface area contributed by atoms with Crippen LogP contribution in [0.3, 0.4) is 0 Å². The van der Waals surface area contributed by atoms with Crippen molar-refractivity contribution in [1.29, 1.82) is 0 Å². The molecule has 2 heterocycles. The van der Waals surface area contributed by atoms with Crippen LogP contribution < -0.4 is 10.6 Å². The minimum absolute atomic E-state index is 0.0382. The first-order valence-corrected chi connectivity index (χ1v) is 10.6. The van der Waals surface area contributed by atoms with Gasteiger partial charge in [-0.25, -0.2) is 9.78 Å². The molecule has 0 saturated carbocycles. The van der Waals surface area contributed by atoms with Crippen LogP contribution >= 0.6 is 11.3 Å². The Morgan fingerprint density at radius 3 is 2.93 bits per heavy atom. The maximum Gasteiger partial charge on any atom is 0.350 e. The Hall–Kier alpha value is -1.67. The zero-order valence-corrected chi connectivity index (χ0v) is 18.0. The fourth-order valence-corrected chi connectivity index (χ4v) is 4.18. The lowest BCUT2D eigenvalue weighted by molar-refractivity contribution is 0.0531. The summed E-state index contributed by atoms with van der Waals surface area (Å²) < 4.78 is 5.11. The van der Waals surface area contributed by atoms with E-state index < -0.39 is 0 Å². The number of aliphatic imine (C=N–C) groups is 1. The third kappa shape index (κ3) is 6.46. The van der Waals surface area contributed by atoms with E-state index in [4.69, 9.17) is 9.73 Å². The van der Waals surface area contributed by atoms with E-state index in [1.54, 1.807) is 0 Å². The van der Waals surface area contributed by atoms with Crippen molar-refractivity contribution in [2.45, 2.75) is 46.6 Å². The van der Waals surface area contributed by atoms with Crippen LogP contribution in [0.15, 0.2) is 4.99 Å². The lowest BCUT2D eigenvalue weighted by Gasteiger charge is -2.28. The monoisotopic (exact) mass is 395 g/mol. The van der Waals surface area contributed by atoms with Crippen molar-refractivity contribution in [3.05, 3.63) is 15.6 Å². The number of esters is 1. The minimum Gasteiger partial charge on any atom is -0.462 e. The van der Waals surface area contributed by atoms with Gasteiger partial charge < -0.3 is 20.3 Å². The molecule has 2 atom stereocenters. The van der Waals surface area contributed by atoms with Crippen molar-refractivity contribution in [1.82, 2.24) is 20.5 Å². The highest BCUT2D eigenvalue weighted by molar-refractivity contribution is 7.13. The summed E-state index contributed by atoms with van der Waals surface area (Å²) >= 11 is 1.38. The lowest BCUT2D eigenvalue weighted by Crippen LogP contribution is -2.40. The summed E-state index contributed by atoms with van der Waals surface area (Å²) in [5, 5.41) is 7.59. The quantitative estimate of drug-likeness (QED) is 0.420. The molecular formula is C19H33N5O2S. The highest BCUT2D eigenvalue weighted by atomic mass is 32.1. The molecule has 1 saturated heterocycles. The molecule has 0 aromatic carbocycles. The van der Waals surface area contributed by atoms with Gasteiger partial charge in [-0.1, -0.05) is 0 Å². The minimum atomic E-state index is -0.298. The van der Waals surface area contributed by atoms with Crippen LogP contribution in [0.5, 0.6) is 0 Å². The summed E-state index contributed by atoms with van der Waals surface area (Å²) in [6.45, 7) is 12.0. The molecule has 1 aliphatic rings. The molecule has 1 fully saturated rings. The lowest BCUT2D eigenvalue weighted by atomic mass is 9.99. The third-order valence-electron chi connectivity index (χ3n) is 4.57. The molecule has 7 nitrogen and oxygen atoms in total. The second-order valence-electron chi connectivity index (χ2n) is 7.04. The number of likely N-dealkylation sites (tertiary alicyclic amines) is 1. The van der Waals surface area contributed by atoms with Crippen LogP contribution in [0.1, 0.15) is 60.0 Å². The van der Waals surface area contributed by atoms with Gasteiger partial charge in [-0.2, -0.15) is 0 Å². The molecule has 0 amide bonds. The number of rotatable bonds is 7. The van der Waals surface area contributed by atoms with Crippen LogP contribution in [0.2, 0.25) is 0 Å². The number of carbonyl (C=O) groups excluding carboxylic acids is 1. The highest BCUT2D eigenvalue weighted by Gasteiger charge is 2.21. The Bertz CT molecular complexity index is 646. The number of hydrogen-bond acceptors (Lipinski definition) is 6. The van der Waals surface area contributed by atoms with Gasteiger partial charge in [0.2, 0.25) is 0 Å². The molecule has 1 aromatic heterocycles. The average Bonchev–Trinajstić information content (AvgIpc) is 3.02. The number of guanidine groups is 1. The summed E-state index contributed by atoms with van der Waals surface area (Å²) in [7, 11) is 2.17. The smallest absolute Gasteiger partial charge is 0.350 e. The van der Waals surface area contributed by atoms with E-state index in [0.717, 1.165) is 30.6 Å². The van der Waals surface area contributed by atoms with Crippen molar-refractivity contribution in [3.8, 4) is 0 Å². The van der Waals surface area contributed by atoms with E-state index in [0.29, 0.717) is 23.1 Å². The van der Waals surface area contributed by atoms with E-state index in [2.05, 4.69) is 34.5 Å². The number of nitrogens with zero attached hydrogens (tertiary/aromatic N) is 3. The maximum atomic E-state index is 12.0. The van der Waals surface area contributed by atoms with Crippen molar-refractivity contribution < 1.29 is 9.53 Å². The van der Waals surface area contributed by atoms with Gasteiger partial charge in [0.05, 0.1) is 18.3 Å². The summed E-state index contributed by atoms with van der Waals surface area (Å²) in [5.41, 5.74) is 0.717. The molecule has 8 heteroatoms.